The van der Waals surface area contributed by atoms with Crippen LogP contribution in [0.2, 0.25) is 0 Å². The summed E-state index contributed by atoms with van der Waals surface area (Å²) in [5, 5.41) is 18.2. The number of hydrogen-bond donors (Lipinski definition) is 0. The number of halogens is 1. The third kappa shape index (κ3) is 2.35. The van der Waals surface area contributed by atoms with Crippen molar-refractivity contribution < 1.29 is 0 Å². The van der Waals surface area contributed by atoms with E-state index < -0.39 is 5.41 Å². The Kier molecular flexibility index (Phi) is 3.59. The van der Waals surface area contributed by atoms with E-state index in [0.29, 0.717) is 12.8 Å². The summed E-state index contributed by atoms with van der Waals surface area (Å²) in [6.45, 7) is 3.61. The normalized spacial score (nSPS) is 17.9. The summed E-state index contributed by atoms with van der Waals surface area (Å²) in [4.78, 5) is 2.26. The lowest BCUT2D eigenvalue weighted by atomic mass is 9.81. The van der Waals surface area contributed by atoms with Gasteiger partial charge < -0.3 is 4.90 Å². The molecule has 1 aliphatic rings. The predicted molar refractivity (Wildman–Crippen MR) is 74.0 cm³/mol. The van der Waals surface area contributed by atoms with Crippen LogP contribution < -0.4 is 4.90 Å². The van der Waals surface area contributed by atoms with Crippen molar-refractivity contribution in [1.29, 1.82) is 10.5 Å². The van der Waals surface area contributed by atoms with Crippen molar-refractivity contribution >= 4 is 21.6 Å². The molecule has 1 aliphatic heterocycles. The fraction of sp³-hybridized carbons (Fsp3) is 0.429. The highest BCUT2D eigenvalue weighted by atomic mass is 79.9. The zero-order valence-electron chi connectivity index (χ0n) is 10.3. The molecule has 0 atom stereocenters. The van der Waals surface area contributed by atoms with E-state index in [1.807, 2.05) is 6.07 Å². The highest BCUT2D eigenvalue weighted by molar-refractivity contribution is 9.10. The summed E-state index contributed by atoms with van der Waals surface area (Å²) in [5.74, 6) is 0. The maximum absolute atomic E-state index is 9.09. The first-order valence-corrected chi connectivity index (χ1v) is 6.73. The van der Waals surface area contributed by atoms with Gasteiger partial charge in [0.2, 0.25) is 0 Å². The van der Waals surface area contributed by atoms with Crippen LogP contribution in [0.3, 0.4) is 0 Å². The van der Waals surface area contributed by atoms with Crippen LogP contribution in [0.4, 0.5) is 5.69 Å². The van der Waals surface area contributed by atoms with Gasteiger partial charge in [-0.2, -0.15) is 10.5 Å². The molecule has 0 spiro atoms. The topological polar surface area (TPSA) is 50.8 Å². The van der Waals surface area contributed by atoms with Gasteiger partial charge in [0, 0.05) is 23.2 Å². The van der Waals surface area contributed by atoms with Gasteiger partial charge in [-0.25, -0.2) is 0 Å². The number of piperidine rings is 1. The first-order chi connectivity index (χ1) is 8.60. The summed E-state index contributed by atoms with van der Waals surface area (Å²) in [5.41, 5.74) is 1.63. The second-order valence-electron chi connectivity index (χ2n) is 4.72. The van der Waals surface area contributed by atoms with Gasteiger partial charge in [-0.15, -0.1) is 0 Å². The molecule has 0 aromatic heterocycles. The van der Waals surface area contributed by atoms with Crippen molar-refractivity contribution in [2.24, 2.45) is 5.41 Å². The van der Waals surface area contributed by atoms with Gasteiger partial charge in [-0.1, -0.05) is 15.9 Å². The van der Waals surface area contributed by atoms with Crippen molar-refractivity contribution in [2.45, 2.75) is 19.8 Å². The quantitative estimate of drug-likeness (QED) is 0.799. The van der Waals surface area contributed by atoms with Crippen molar-refractivity contribution in [3.63, 3.8) is 0 Å². The fourth-order valence-corrected chi connectivity index (χ4v) is 2.83. The Morgan fingerprint density at radius 3 is 2.33 bits per heavy atom. The van der Waals surface area contributed by atoms with Gasteiger partial charge in [0.05, 0.1) is 12.1 Å². The SMILES string of the molecule is Cc1cc(Br)ccc1N1CCC(C#N)(C#N)CC1. The van der Waals surface area contributed by atoms with Crippen LogP contribution in [0.15, 0.2) is 22.7 Å². The summed E-state index contributed by atoms with van der Waals surface area (Å²) in [7, 11) is 0. The molecule has 18 heavy (non-hydrogen) atoms. The van der Waals surface area contributed by atoms with Crippen molar-refractivity contribution in [3.05, 3.63) is 28.2 Å². The molecule has 0 amide bonds. The molecule has 0 radical (unpaired) electrons. The van der Waals surface area contributed by atoms with E-state index in [1.54, 1.807) is 0 Å². The number of nitrogens with zero attached hydrogens (tertiary/aromatic N) is 3. The number of hydrogen-bond acceptors (Lipinski definition) is 3. The van der Waals surface area contributed by atoms with E-state index in [9.17, 15) is 0 Å². The average molecular weight is 304 g/mol. The molecule has 1 fully saturated rings. The molecule has 2 rings (SSSR count). The highest BCUT2D eigenvalue weighted by Gasteiger charge is 2.35. The zero-order valence-corrected chi connectivity index (χ0v) is 11.9. The van der Waals surface area contributed by atoms with Crippen LogP contribution in [0, 0.1) is 35.0 Å². The summed E-state index contributed by atoms with van der Waals surface area (Å²) < 4.78 is 1.07. The van der Waals surface area contributed by atoms with Crippen LogP contribution in [0.1, 0.15) is 18.4 Å². The molecule has 1 heterocycles. The van der Waals surface area contributed by atoms with Crippen LogP contribution in [0.25, 0.3) is 0 Å². The van der Waals surface area contributed by atoms with Gasteiger partial charge in [0.15, 0.2) is 0 Å². The number of benzene rings is 1. The molecular weight excluding hydrogens is 290 g/mol. The first kappa shape index (κ1) is 12.9. The maximum atomic E-state index is 9.09. The van der Waals surface area contributed by atoms with Crippen LogP contribution in [-0.2, 0) is 0 Å². The minimum absolute atomic E-state index is 0.621. The Morgan fingerprint density at radius 1 is 1.22 bits per heavy atom. The van der Waals surface area contributed by atoms with Crippen molar-refractivity contribution in [2.75, 3.05) is 18.0 Å². The fourth-order valence-electron chi connectivity index (χ4n) is 2.35. The second-order valence-corrected chi connectivity index (χ2v) is 5.64. The van der Waals surface area contributed by atoms with Gasteiger partial charge >= 0.3 is 0 Å². The molecular formula is C14H14BrN3. The molecule has 0 aliphatic carbocycles. The molecule has 3 nitrogen and oxygen atoms in total. The number of rotatable bonds is 1. The third-order valence-corrected chi connectivity index (χ3v) is 4.04. The Bertz CT molecular complexity index is 515. The van der Waals surface area contributed by atoms with E-state index in [0.717, 1.165) is 17.6 Å². The number of nitriles is 2. The molecule has 1 aromatic carbocycles. The van der Waals surface area contributed by atoms with Crippen molar-refractivity contribution in [1.82, 2.24) is 0 Å². The van der Waals surface area contributed by atoms with Gasteiger partial charge in [0.1, 0.15) is 5.41 Å². The summed E-state index contributed by atoms with van der Waals surface area (Å²) in [6.07, 6.45) is 1.24. The molecule has 4 heteroatoms. The lowest BCUT2D eigenvalue weighted by Gasteiger charge is -2.35. The predicted octanol–water partition coefficient (Wildman–Crippen LogP) is 3.39. The molecule has 92 valence electrons. The Hall–Kier alpha value is -1.52. The minimum Gasteiger partial charge on any atom is -0.371 e. The molecule has 1 aromatic rings. The van der Waals surface area contributed by atoms with Crippen LogP contribution >= 0.6 is 15.9 Å². The first-order valence-electron chi connectivity index (χ1n) is 5.94. The average Bonchev–Trinajstić information content (AvgIpc) is 2.39. The van der Waals surface area contributed by atoms with E-state index in [2.05, 4.69) is 52.0 Å². The minimum atomic E-state index is -0.778. The monoisotopic (exact) mass is 303 g/mol. The third-order valence-electron chi connectivity index (χ3n) is 3.54. The molecule has 0 saturated carbocycles. The van der Waals surface area contributed by atoms with Gasteiger partial charge in [0.25, 0.3) is 0 Å². The Balaban J connectivity index is 2.16. The van der Waals surface area contributed by atoms with E-state index in [4.69, 9.17) is 10.5 Å². The van der Waals surface area contributed by atoms with Gasteiger partial charge in [-0.05, 0) is 43.5 Å². The largest absolute Gasteiger partial charge is 0.371 e. The Morgan fingerprint density at radius 2 is 1.83 bits per heavy atom. The smallest absolute Gasteiger partial charge is 0.147 e. The highest BCUT2D eigenvalue weighted by Crippen LogP contribution is 2.33. The number of aryl methyl sites for hydroxylation is 1. The molecule has 0 N–H and O–H groups in total. The van der Waals surface area contributed by atoms with E-state index >= 15 is 0 Å². The summed E-state index contributed by atoms with van der Waals surface area (Å²) in [6, 6.07) is 10.5. The Labute approximate surface area is 116 Å². The standard InChI is InChI=1S/C14H14BrN3/c1-11-8-12(15)2-3-13(11)18-6-4-14(9-16,10-17)5-7-18/h2-3,8H,4-7H2,1H3. The maximum Gasteiger partial charge on any atom is 0.147 e. The van der Waals surface area contributed by atoms with E-state index in [-0.39, 0.29) is 0 Å². The van der Waals surface area contributed by atoms with E-state index in [1.165, 1.54) is 11.3 Å². The van der Waals surface area contributed by atoms with Crippen molar-refractivity contribution in [3.8, 4) is 12.1 Å². The summed E-state index contributed by atoms with van der Waals surface area (Å²) >= 11 is 3.46. The second kappa shape index (κ2) is 5.00. The van der Waals surface area contributed by atoms with Crippen LogP contribution in [0.5, 0.6) is 0 Å². The van der Waals surface area contributed by atoms with Crippen LogP contribution in [-0.4, -0.2) is 13.1 Å². The lowest BCUT2D eigenvalue weighted by Crippen LogP contribution is -2.39. The molecule has 0 bridgehead atoms. The molecule has 0 unspecified atom stereocenters. The number of anilines is 1. The molecule has 1 saturated heterocycles. The van der Waals surface area contributed by atoms with Gasteiger partial charge in [-0.3, -0.25) is 0 Å². The lowest BCUT2D eigenvalue weighted by molar-refractivity contribution is 0.393. The zero-order chi connectivity index (χ0) is 13.2.